The van der Waals surface area contributed by atoms with Crippen molar-refractivity contribution in [3.05, 3.63) is 34.4 Å². The molecular formula is C23H37NO7. The van der Waals surface area contributed by atoms with E-state index in [1.807, 2.05) is 18.2 Å². The van der Waals surface area contributed by atoms with Crippen LogP contribution in [0.5, 0.6) is 0 Å². The summed E-state index contributed by atoms with van der Waals surface area (Å²) in [7, 11) is 0. The quantitative estimate of drug-likeness (QED) is 0.182. The predicted molar refractivity (Wildman–Crippen MR) is 116 cm³/mol. The van der Waals surface area contributed by atoms with E-state index in [0.717, 1.165) is 19.3 Å². The second-order valence-electron chi connectivity index (χ2n) is 8.61. The molecule has 1 spiro atoms. The summed E-state index contributed by atoms with van der Waals surface area (Å²) in [5, 5.41) is 30.4. The fraction of sp³-hybridized carbons (Fsp3) is 0.783. The van der Waals surface area contributed by atoms with Gasteiger partial charge in [0.2, 0.25) is 6.54 Å². The molecular weight excluding hydrogens is 402 g/mol. The third-order valence-electron chi connectivity index (χ3n) is 6.26. The van der Waals surface area contributed by atoms with Gasteiger partial charge in [0.05, 0.1) is 19.3 Å². The van der Waals surface area contributed by atoms with Gasteiger partial charge in [-0.2, -0.15) is 0 Å². The number of hydrogen-bond donors (Lipinski definition) is 2. The Morgan fingerprint density at radius 1 is 1.26 bits per heavy atom. The SMILES string of the molecule is CCCCC[C@@H](O)C=CC1C(C[N+](=O)[O-])CC2(OCCO2)C1CC=CCCCC(=O)O. The molecule has 2 fully saturated rings. The van der Waals surface area contributed by atoms with Gasteiger partial charge in [-0.25, -0.2) is 0 Å². The molecule has 1 heterocycles. The Labute approximate surface area is 184 Å². The molecule has 0 aromatic carbocycles. The average Bonchev–Trinajstić information content (AvgIpc) is 3.27. The fourth-order valence-corrected chi connectivity index (χ4v) is 4.77. The van der Waals surface area contributed by atoms with Crippen LogP contribution in [0, 0.1) is 27.9 Å². The number of carboxylic acid groups (broad SMARTS) is 1. The monoisotopic (exact) mass is 439 g/mol. The lowest BCUT2D eigenvalue weighted by Crippen LogP contribution is -2.36. The summed E-state index contributed by atoms with van der Waals surface area (Å²) in [5.41, 5.74) is 0. The van der Waals surface area contributed by atoms with Crippen LogP contribution in [0.3, 0.4) is 0 Å². The Kier molecular flexibility index (Phi) is 10.6. The Morgan fingerprint density at radius 3 is 2.65 bits per heavy atom. The van der Waals surface area contributed by atoms with Crippen LogP contribution in [-0.4, -0.2) is 52.8 Å². The zero-order valence-corrected chi connectivity index (χ0v) is 18.5. The van der Waals surface area contributed by atoms with E-state index in [1.54, 1.807) is 6.08 Å². The Morgan fingerprint density at radius 2 is 2.00 bits per heavy atom. The number of carboxylic acids is 1. The van der Waals surface area contributed by atoms with E-state index < -0.39 is 17.9 Å². The van der Waals surface area contributed by atoms with Crippen LogP contribution >= 0.6 is 0 Å². The summed E-state index contributed by atoms with van der Waals surface area (Å²) in [4.78, 5) is 21.7. The van der Waals surface area contributed by atoms with Crippen molar-refractivity contribution in [1.82, 2.24) is 0 Å². The first kappa shape index (κ1) is 25.5. The normalized spacial score (nSPS) is 26.3. The Hall–Kier alpha value is -1.77. The van der Waals surface area contributed by atoms with Crippen LogP contribution in [0.1, 0.15) is 64.7 Å². The summed E-state index contributed by atoms with van der Waals surface area (Å²) >= 11 is 0. The van der Waals surface area contributed by atoms with Crippen molar-refractivity contribution < 1.29 is 29.4 Å². The molecule has 0 bridgehead atoms. The van der Waals surface area contributed by atoms with Crippen molar-refractivity contribution in [2.75, 3.05) is 19.8 Å². The summed E-state index contributed by atoms with van der Waals surface area (Å²) in [6.07, 6.45) is 13.4. The van der Waals surface area contributed by atoms with Crippen molar-refractivity contribution >= 4 is 5.97 Å². The highest BCUT2D eigenvalue weighted by Crippen LogP contribution is 2.51. The Bertz CT molecular complexity index is 627. The molecule has 4 atom stereocenters. The van der Waals surface area contributed by atoms with Gasteiger partial charge in [-0.3, -0.25) is 14.9 Å². The molecule has 0 aromatic rings. The largest absolute Gasteiger partial charge is 0.481 e. The van der Waals surface area contributed by atoms with Crippen LogP contribution in [0.25, 0.3) is 0 Å². The van der Waals surface area contributed by atoms with E-state index in [9.17, 15) is 20.0 Å². The second-order valence-corrected chi connectivity index (χ2v) is 8.61. The zero-order valence-electron chi connectivity index (χ0n) is 18.5. The number of hydrogen-bond acceptors (Lipinski definition) is 6. The van der Waals surface area contributed by atoms with Crippen LogP contribution in [-0.2, 0) is 14.3 Å². The van der Waals surface area contributed by atoms with Gasteiger partial charge in [-0.05, 0) is 31.6 Å². The molecule has 0 radical (unpaired) electrons. The maximum Gasteiger partial charge on any atom is 0.303 e. The summed E-state index contributed by atoms with van der Waals surface area (Å²) in [6.45, 7) is 2.90. The number of nitro groups is 1. The van der Waals surface area contributed by atoms with Crippen LogP contribution in [0.15, 0.2) is 24.3 Å². The number of aliphatic hydroxyl groups excluding tert-OH is 1. The number of carbonyl (C=O) groups is 1. The molecule has 1 saturated heterocycles. The van der Waals surface area contributed by atoms with E-state index in [2.05, 4.69) is 6.92 Å². The van der Waals surface area contributed by atoms with E-state index >= 15 is 0 Å². The molecule has 0 amide bonds. The molecule has 0 aromatic heterocycles. The number of allylic oxidation sites excluding steroid dienone is 3. The van der Waals surface area contributed by atoms with Crippen molar-refractivity contribution in [2.24, 2.45) is 17.8 Å². The number of ether oxygens (including phenoxy) is 2. The smallest absolute Gasteiger partial charge is 0.303 e. The van der Waals surface area contributed by atoms with Crippen LogP contribution in [0.4, 0.5) is 0 Å². The minimum absolute atomic E-state index is 0.0882. The van der Waals surface area contributed by atoms with E-state index in [1.165, 1.54) is 0 Å². The molecule has 2 aliphatic rings. The third kappa shape index (κ3) is 8.01. The van der Waals surface area contributed by atoms with E-state index in [-0.39, 0.29) is 35.6 Å². The van der Waals surface area contributed by atoms with Crippen LogP contribution in [0.2, 0.25) is 0 Å². The molecule has 8 heteroatoms. The predicted octanol–water partition coefficient (Wildman–Crippen LogP) is 3.96. The lowest BCUT2D eigenvalue weighted by molar-refractivity contribution is -0.489. The summed E-state index contributed by atoms with van der Waals surface area (Å²) < 4.78 is 12.0. The number of aliphatic hydroxyl groups is 1. The topological polar surface area (TPSA) is 119 Å². The first-order valence-electron chi connectivity index (χ1n) is 11.5. The molecule has 8 nitrogen and oxygen atoms in total. The van der Waals surface area contributed by atoms with Gasteiger partial charge in [-0.1, -0.05) is 50.5 Å². The van der Waals surface area contributed by atoms with Gasteiger partial charge in [0, 0.05) is 29.6 Å². The summed E-state index contributed by atoms with van der Waals surface area (Å²) in [6, 6.07) is 0. The highest BCUT2D eigenvalue weighted by atomic mass is 16.7. The van der Waals surface area contributed by atoms with Gasteiger partial charge in [0.1, 0.15) is 0 Å². The maximum absolute atomic E-state index is 11.3. The van der Waals surface area contributed by atoms with E-state index in [0.29, 0.717) is 45.3 Å². The molecule has 1 saturated carbocycles. The summed E-state index contributed by atoms with van der Waals surface area (Å²) in [5.74, 6) is -2.07. The lowest BCUT2D eigenvalue weighted by Gasteiger charge is -2.30. The molecule has 2 N–H and O–H groups in total. The van der Waals surface area contributed by atoms with Crippen molar-refractivity contribution in [3.8, 4) is 0 Å². The molecule has 2 rings (SSSR count). The number of rotatable bonds is 14. The second kappa shape index (κ2) is 12.9. The highest BCUT2D eigenvalue weighted by molar-refractivity contribution is 5.66. The molecule has 3 unspecified atom stereocenters. The van der Waals surface area contributed by atoms with Crippen molar-refractivity contribution in [3.63, 3.8) is 0 Å². The minimum Gasteiger partial charge on any atom is -0.481 e. The minimum atomic E-state index is -0.825. The molecule has 1 aliphatic carbocycles. The zero-order chi connectivity index (χ0) is 22.7. The first-order chi connectivity index (χ1) is 14.9. The fourth-order valence-electron chi connectivity index (χ4n) is 4.77. The highest BCUT2D eigenvalue weighted by Gasteiger charge is 2.57. The van der Waals surface area contributed by atoms with Gasteiger partial charge >= 0.3 is 5.97 Å². The van der Waals surface area contributed by atoms with Crippen molar-refractivity contribution in [2.45, 2.75) is 76.6 Å². The van der Waals surface area contributed by atoms with Gasteiger partial charge in [-0.15, -0.1) is 0 Å². The average molecular weight is 440 g/mol. The number of unbranched alkanes of at least 4 members (excludes halogenated alkanes) is 3. The third-order valence-corrected chi connectivity index (χ3v) is 6.26. The molecule has 31 heavy (non-hydrogen) atoms. The van der Waals surface area contributed by atoms with Crippen LogP contribution < -0.4 is 0 Å². The number of nitrogens with zero attached hydrogens (tertiary/aromatic N) is 1. The Balaban J connectivity index is 2.10. The molecule has 176 valence electrons. The first-order valence-corrected chi connectivity index (χ1v) is 11.5. The standard InChI is InChI=1S/C23H37NO7/c1-2-3-6-9-19(25)12-13-20-18(17-24(28)29)16-23(30-14-15-31-23)21(20)10-7-4-5-8-11-22(26)27/h4,7,12-13,18-21,25H,2-3,5-6,8-11,14-17H2,1H3,(H,26,27)/t18?,19-,20?,21?/m1/s1. The number of aliphatic carboxylic acids is 1. The van der Waals surface area contributed by atoms with Gasteiger partial charge in [0.25, 0.3) is 0 Å². The van der Waals surface area contributed by atoms with Gasteiger partial charge < -0.3 is 19.7 Å². The van der Waals surface area contributed by atoms with E-state index in [4.69, 9.17) is 14.6 Å². The lowest BCUT2D eigenvalue weighted by atomic mass is 9.85. The molecule has 1 aliphatic heterocycles. The van der Waals surface area contributed by atoms with Crippen molar-refractivity contribution in [1.29, 1.82) is 0 Å². The maximum atomic E-state index is 11.3. The van der Waals surface area contributed by atoms with Gasteiger partial charge in [0.15, 0.2) is 5.79 Å².